The molecule has 3 rings (SSSR count). The van der Waals surface area contributed by atoms with Crippen LogP contribution in [0, 0.1) is 10.1 Å². The van der Waals surface area contributed by atoms with Crippen LogP contribution in [0.15, 0.2) is 6.20 Å². The molecule has 1 aliphatic carbocycles. The van der Waals surface area contributed by atoms with Crippen molar-refractivity contribution in [2.75, 3.05) is 12.4 Å². The number of aromatic nitrogens is 2. The van der Waals surface area contributed by atoms with Crippen LogP contribution in [0.4, 0.5) is 10.7 Å². The highest BCUT2D eigenvalue weighted by atomic mass is 32.1. The number of nitro groups is 1. The highest BCUT2D eigenvalue weighted by Crippen LogP contribution is 2.39. The minimum atomic E-state index is -0.861. The number of amides is 1. The second-order valence-corrected chi connectivity index (χ2v) is 8.57. The van der Waals surface area contributed by atoms with Gasteiger partial charge in [-0.15, -0.1) is 16.4 Å². The minimum Gasteiger partial charge on any atom is -0.475 e. The van der Waals surface area contributed by atoms with E-state index in [1.165, 1.54) is 23.1 Å². The van der Waals surface area contributed by atoms with Crippen LogP contribution in [0.5, 0.6) is 5.88 Å². The third-order valence-corrected chi connectivity index (χ3v) is 6.55. The lowest BCUT2D eigenvalue weighted by atomic mass is 9.95. The summed E-state index contributed by atoms with van der Waals surface area (Å²) in [7, 11) is 1.27. The summed E-state index contributed by atoms with van der Waals surface area (Å²) in [5.41, 5.74) is 1.04. The van der Waals surface area contributed by atoms with Crippen LogP contribution >= 0.6 is 11.3 Å². The van der Waals surface area contributed by atoms with Gasteiger partial charge in [0.25, 0.3) is 0 Å². The number of methoxy groups -OCH3 is 1. The molecule has 0 spiro atoms. The van der Waals surface area contributed by atoms with Gasteiger partial charge in [-0.1, -0.05) is 6.92 Å². The standard InChI is InChI=1S/C20H26N4O6S/c1-5-11(2)30-20(26)16-13-8-6-7-9-15(13)31-19(16)21-17(25)12(3)23-10-14(24(27)28)18(22-23)29-4/h10-12H,5-9H2,1-4H3,(H,21,25). The Balaban J connectivity index is 1.88. The van der Waals surface area contributed by atoms with Gasteiger partial charge in [-0.25, -0.2) is 9.48 Å². The van der Waals surface area contributed by atoms with Crippen LogP contribution in [0.1, 0.15) is 66.9 Å². The molecule has 168 valence electrons. The number of nitrogens with zero attached hydrogens (tertiary/aromatic N) is 3. The van der Waals surface area contributed by atoms with Crippen molar-refractivity contribution in [1.29, 1.82) is 0 Å². The molecule has 1 N–H and O–H groups in total. The lowest BCUT2D eigenvalue weighted by molar-refractivity contribution is -0.385. The third kappa shape index (κ3) is 4.71. The number of nitrogens with one attached hydrogen (secondary N) is 1. The quantitative estimate of drug-likeness (QED) is 0.367. The lowest BCUT2D eigenvalue weighted by Gasteiger charge is -2.16. The van der Waals surface area contributed by atoms with Crippen molar-refractivity contribution in [1.82, 2.24) is 9.78 Å². The van der Waals surface area contributed by atoms with Crippen molar-refractivity contribution in [3.8, 4) is 5.88 Å². The van der Waals surface area contributed by atoms with Crippen LogP contribution in [0.2, 0.25) is 0 Å². The number of thiophene rings is 1. The predicted molar refractivity (Wildman–Crippen MR) is 115 cm³/mol. The summed E-state index contributed by atoms with van der Waals surface area (Å²) >= 11 is 1.39. The summed E-state index contributed by atoms with van der Waals surface area (Å²) in [5.74, 6) is -1.06. The number of fused-ring (bicyclic) bond motifs is 1. The summed E-state index contributed by atoms with van der Waals surface area (Å²) in [6.07, 6.45) is 5.26. The van der Waals surface area contributed by atoms with Crippen LogP contribution in [0.3, 0.4) is 0 Å². The molecular weight excluding hydrogens is 424 g/mol. The summed E-state index contributed by atoms with van der Waals surface area (Å²) < 4.78 is 11.6. The highest BCUT2D eigenvalue weighted by Gasteiger charge is 2.30. The number of carbonyl (C=O) groups excluding carboxylic acids is 2. The normalized spacial score (nSPS) is 15.0. The molecule has 2 heterocycles. The second kappa shape index (κ2) is 9.46. The molecular formula is C20H26N4O6S. The molecule has 1 aliphatic rings. The van der Waals surface area contributed by atoms with Crippen molar-refractivity contribution < 1.29 is 24.0 Å². The minimum absolute atomic E-state index is 0.172. The van der Waals surface area contributed by atoms with Crippen molar-refractivity contribution in [2.45, 2.75) is 65.0 Å². The summed E-state index contributed by atoms with van der Waals surface area (Å²) in [4.78, 5) is 37.4. The van der Waals surface area contributed by atoms with Crippen molar-refractivity contribution in [3.63, 3.8) is 0 Å². The summed E-state index contributed by atoms with van der Waals surface area (Å²) in [6, 6.07) is -0.861. The molecule has 0 aromatic carbocycles. The van der Waals surface area contributed by atoms with Crippen LogP contribution < -0.4 is 10.1 Å². The van der Waals surface area contributed by atoms with E-state index in [0.29, 0.717) is 17.0 Å². The van der Waals surface area contributed by atoms with Gasteiger partial charge >= 0.3 is 17.5 Å². The van der Waals surface area contributed by atoms with Gasteiger partial charge < -0.3 is 14.8 Å². The molecule has 11 heteroatoms. The summed E-state index contributed by atoms with van der Waals surface area (Å²) in [6.45, 7) is 5.33. The fraction of sp³-hybridized carbons (Fsp3) is 0.550. The fourth-order valence-electron chi connectivity index (χ4n) is 3.37. The summed E-state index contributed by atoms with van der Waals surface area (Å²) in [5, 5.41) is 18.4. The number of hydrogen-bond acceptors (Lipinski definition) is 8. The number of carbonyl (C=O) groups is 2. The number of rotatable bonds is 8. The molecule has 2 aromatic rings. The van der Waals surface area contributed by atoms with E-state index in [2.05, 4.69) is 10.4 Å². The van der Waals surface area contributed by atoms with Crippen LogP contribution in [0.25, 0.3) is 0 Å². The molecule has 0 saturated heterocycles. The van der Waals surface area contributed by atoms with E-state index in [-0.39, 0.29) is 17.7 Å². The van der Waals surface area contributed by atoms with E-state index in [1.807, 2.05) is 13.8 Å². The number of anilines is 1. The van der Waals surface area contributed by atoms with Gasteiger partial charge in [-0.2, -0.15) is 0 Å². The molecule has 10 nitrogen and oxygen atoms in total. The van der Waals surface area contributed by atoms with E-state index < -0.39 is 22.8 Å². The Morgan fingerprint density at radius 2 is 2.06 bits per heavy atom. The van der Waals surface area contributed by atoms with Crippen molar-refractivity contribution in [2.24, 2.45) is 0 Å². The first-order valence-electron chi connectivity index (χ1n) is 10.2. The lowest BCUT2D eigenvalue weighted by Crippen LogP contribution is -2.25. The smallest absolute Gasteiger partial charge is 0.350 e. The van der Waals surface area contributed by atoms with Crippen LogP contribution in [-0.2, 0) is 22.4 Å². The maximum atomic E-state index is 12.9. The Bertz CT molecular complexity index is 998. The number of aryl methyl sites for hydroxylation is 1. The first kappa shape index (κ1) is 22.7. The fourth-order valence-corrected chi connectivity index (χ4v) is 4.65. The Hall–Kier alpha value is -2.95. The van der Waals surface area contributed by atoms with Gasteiger partial charge in [0.1, 0.15) is 17.2 Å². The Labute approximate surface area is 183 Å². The van der Waals surface area contributed by atoms with Gasteiger partial charge in [0.2, 0.25) is 5.91 Å². The molecule has 2 aromatic heterocycles. The molecule has 2 unspecified atom stereocenters. The van der Waals surface area contributed by atoms with Crippen molar-refractivity contribution >= 4 is 33.9 Å². The van der Waals surface area contributed by atoms with Crippen LogP contribution in [-0.4, -0.2) is 39.8 Å². The Morgan fingerprint density at radius 1 is 1.35 bits per heavy atom. The van der Waals surface area contributed by atoms with E-state index in [0.717, 1.165) is 42.3 Å². The van der Waals surface area contributed by atoms with Gasteiger partial charge in [0.15, 0.2) is 0 Å². The molecule has 0 radical (unpaired) electrons. The SMILES string of the molecule is CCC(C)OC(=O)c1c(NC(=O)C(C)n2cc([N+](=O)[O-])c(OC)n2)sc2c1CCCC2. The van der Waals surface area contributed by atoms with E-state index in [9.17, 15) is 19.7 Å². The van der Waals surface area contributed by atoms with Gasteiger partial charge in [0.05, 0.1) is 23.7 Å². The van der Waals surface area contributed by atoms with Gasteiger partial charge in [-0.3, -0.25) is 14.9 Å². The first-order valence-corrected chi connectivity index (χ1v) is 11.0. The predicted octanol–water partition coefficient (Wildman–Crippen LogP) is 3.90. The number of ether oxygens (including phenoxy) is 2. The highest BCUT2D eigenvalue weighted by molar-refractivity contribution is 7.17. The van der Waals surface area contributed by atoms with E-state index in [4.69, 9.17) is 9.47 Å². The molecule has 0 aliphatic heterocycles. The zero-order valence-corrected chi connectivity index (χ0v) is 18.8. The number of hydrogen-bond donors (Lipinski definition) is 1. The zero-order valence-electron chi connectivity index (χ0n) is 18.0. The monoisotopic (exact) mass is 450 g/mol. The first-order chi connectivity index (χ1) is 14.8. The Kier molecular flexibility index (Phi) is 6.94. The maximum absolute atomic E-state index is 12.9. The van der Waals surface area contributed by atoms with Gasteiger partial charge in [-0.05, 0) is 51.5 Å². The average Bonchev–Trinajstić information content (AvgIpc) is 3.34. The largest absolute Gasteiger partial charge is 0.475 e. The molecule has 2 atom stereocenters. The zero-order chi connectivity index (χ0) is 22.7. The molecule has 0 saturated carbocycles. The second-order valence-electron chi connectivity index (χ2n) is 7.47. The van der Waals surface area contributed by atoms with E-state index in [1.54, 1.807) is 6.92 Å². The van der Waals surface area contributed by atoms with Crippen molar-refractivity contribution in [3.05, 3.63) is 32.3 Å². The molecule has 0 bridgehead atoms. The third-order valence-electron chi connectivity index (χ3n) is 5.34. The molecule has 0 fully saturated rings. The molecule has 31 heavy (non-hydrogen) atoms. The van der Waals surface area contributed by atoms with E-state index >= 15 is 0 Å². The maximum Gasteiger partial charge on any atom is 0.350 e. The number of esters is 1. The topological polar surface area (TPSA) is 126 Å². The Morgan fingerprint density at radius 3 is 2.68 bits per heavy atom. The average molecular weight is 451 g/mol. The van der Waals surface area contributed by atoms with Gasteiger partial charge in [0, 0.05) is 4.88 Å². The molecule has 1 amide bonds.